The topological polar surface area (TPSA) is 111 Å². The fraction of sp³-hybridized carbons (Fsp3) is 0.364. The van der Waals surface area contributed by atoms with Crippen molar-refractivity contribution in [1.82, 2.24) is 0 Å². The highest BCUT2D eigenvalue weighted by Crippen LogP contribution is 2.33. The summed E-state index contributed by atoms with van der Waals surface area (Å²) in [6, 6.07) is 4.62. The summed E-state index contributed by atoms with van der Waals surface area (Å²) >= 11 is 3.15. The van der Waals surface area contributed by atoms with Gasteiger partial charge in [-0.1, -0.05) is 11.2 Å². The van der Waals surface area contributed by atoms with Crippen LogP contribution in [0.4, 0.5) is 5.69 Å². The van der Waals surface area contributed by atoms with E-state index >= 15 is 0 Å². The summed E-state index contributed by atoms with van der Waals surface area (Å²) in [5.74, 6) is 0.606. The van der Waals surface area contributed by atoms with Gasteiger partial charge in [0.1, 0.15) is 16.1 Å². The predicted molar refractivity (Wildman–Crippen MR) is 73.6 cm³/mol. The summed E-state index contributed by atoms with van der Waals surface area (Å²) in [6.07, 6.45) is 1.89. The number of amidine groups is 1. The van der Waals surface area contributed by atoms with Crippen LogP contribution in [0.3, 0.4) is 0 Å². The Morgan fingerprint density at radius 1 is 1.53 bits per heavy atom. The minimum absolute atomic E-state index is 0.0332. The zero-order valence-corrected chi connectivity index (χ0v) is 11.7. The minimum Gasteiger partial charge on any atom is -0.492 e. The van der Waals surface area contributed by atoms with Crippen LogP contribution in [-0.2, 0) is 0 Å². The molecule has 19 heavy (non-hydrogen) atoms. The number of oxime groups is 1. The Hall–Kier alpha value is -1.83. The van der Waals surface area contributed by atoms with Crippen LogP contribution < -0.4 is 10.5 Å². The molecule has 0 bridgehead atoms. The fourth-order valence-corrected chi connectivity index (χ4v) is 1.92. The molecule has 1 aromatic carbocycles. The molecule has 3 N–H and O–H groups in total. The molecule has 1 aromatic rings. The van der Waals surface area contributed by atoms with E-state index in [0.29, 0.717) is 36.1 Å². The summed E-state index contributed by atoms with van der Waals surface area (Å²) in [7, 11) is 0. The lowest BCUT2D eigenvalue weighted by Gasteiger charge is -2.07. The van der Waals surface area contributed by atoms with Gasteiger partial charge in [0.05, 0.1) is 11.5 Å². The number of nitro benzene ring substituents is 1. The molecule has 0 radical (unpaired) electrons. The van der Waals surface area contributed by atoms with Crippen LogP contribution in [0.15, 0.2) is 27.8 Å². The summed E-state index contributed by atoms with van der Waals surface area (Å²) < 4.78 is 5.78. The van der Waals surface area contributed by atoms with Gasteiger partial charge in [-0.05, 0) is 34.8 Å². The number of nitro groups is 1. The molecule has 104 valence electrons. The smallest absolute Gasteiger partial charge is 0.287 e. The SMILES string of the molecule is N/C(CCCCOc1cccc([N+](=O)[O-])c1Br)=N/O. The van der Waals surface area contributed by atoms with Crippen molar-refractivity contribution in [3.8, 4) is 5.75 Å². The number of rotatable bonds is 7. The number of benzene rings is 1. The van der Waals surface area contributed by atoms with Crippen molar-refractivity contribution >= 4 is 27.5 Å². The molecule has 0 aliphatic carbocycles. The van der Waals surface area contributed by atoms with E-state index in [1.165, 1.54) is 6.07 Å². The Bertz CT molecular complexity index is 479. The first kappa shape index (κ1) is 15.2. The van der Waals surface area contributed by atoms with E-state index in [4.69, 9.17) is 15.7 Å². The van der Waals surface area contributed by atoms with Crippen molar-refractivity contribution in [2.45, 2.75) is 19.3 Å². The van der Waals surface area contributed by atoms with Gasteiger partial charge in [-0.15, -0.1) is 0 Å². The summed E-state index contributed by atoms with van der Waals surface area (Å²) in [4.78, 5) is 10.3. The number of hydrogen-bond donors (Lipinski definition) is 2. The fourth-order valence-electron chi connectivity index (χ4n) is 1.39. The molecule has 0 heterocycles. The molecule has 8 heteroatoms. The van der Waals surface area contributed by atoms with E-state index in [0.717, 1.165) is 0 Å². The zero-order chi connectivity index (χ0) is 14.3. The van der Waals surface area contributed by atoms with Gasteiger partial charge < -0.3 is 15.7 Å². The van der Waals surface area contributed by atoms with Crippen LogP contribution >= 0.6 is 15.9 Å². The lowest BCUT2D eigenvalue weighted by molar-refractivity contribution is -0.385. The average molecular weight is 332 g/mol. The number of halogens is 1. The normalized spacial score (nSPS) is 11.3. The van der Waals surface area contributed by atoms with Crippen LogP contribution in [0.25, 0.3) is 0 Å². The molecule has 0 aliphatic rings. The third-order valence-corrected chi connectivity index (χ3v) is 3.15. The van der Waals surface area contributed by atoms with Crippen molar-refractivity contribution in [1.29, 1.82) is 0 Å². The average Bonchev–Trinajstić information content (AvgIpc) is 2.39. The molecule has 0 spiro atoms. The number of unbranched alkanes of at least 4 members (excludes halogenated alkanes) is 1. The number of nitrogens with two attached hydrogens (primary N) is 1. The Kier molecular flexibility index (Phi) is 6.07. The predicted octanol–water partition coefficient (Wildman–Crippen LogP) is 2.65. The Morgan fingerprint density at radius 2 is 2.26 bits per heavy atom. The molecular weight excluding hydrogens is 318 g/mol. The number of hydrogen-bond acceptors (Lipinski definition) is 5. The second-order valence-electron chi connectivity index (χ2n) is 3.74. The van der Waals surface area contributed by atoms with Crippen LogP contribution in [0.5, 0.6) is 5.75 Å². The van der Waals surface area contributed by atoms with Gasteiger partial charge in [0.25, 0.3) is 5.69 Å². The van der Waals surface area contributed by atoms with Crippen molar-refractivity contribution in [3.63, 3.8) is 0 Å². The Balaban J connectivity index is 2.46. The molecule has 0 aromatic heterocycles. The maximum atomic E-state index is 10.7. The lowest BCUT2D eigenvalue weighted by atomic mass is 10.2. The van der Waals surface area contributed by atoms with Crippen LogP contribution in [0.1, 0.15) is 19.3 Å². The second kappa shape index (κ2) is 7.57. The van der Waals surface area contributed by atoms with Crippen molar-refractivity contribution in [2.24, 2.45) is 10.9 Å². The highest BCUT2D eigenvalue weighted by atomic mass is 79.9. The standard InChI is InChI=1S/C11H14BrN3O4/c12-11-8(15(17)18)4-3-5-9(11)19-7-2-1-6-10(13)14-16/h3-5,16H,1-2,6-7H2,(H2,13,14). The first-order chi connectivity index (χ1) is 9.06. The van der Waals surface area contributed by atoms with Gasteiger partial charge >= 0.3 is 0 Å². The molecule has 0 saturated carbocycles. The van der Waals surface area contributed by atoms with Gasteiger partial charge in [-0.2, -0.15) is 0 Å². The zero-order valence-electron chi connectivity index (χ0n) is 10.1. The van der Waals surface area contributed by atoms with Crippen LogP contribution in [0.2, 0.25) is 0 Å². The highest BCUT2D eigenvalue weighted by molar-refractivity contribution is 9.10. The molecule has 7 nitrogen and oxygen atoms in total. The third kappa shape index (κ3) is 4.74. The molecule has 0 aliphatic heterocycles. The maximum absolute atomic E-state index is 10.7. The number of ether oxygens (including phenoxy) is 1. The summed E-state index contributed by atoms with van der Waals surface area (Å²) in [5.41, 5.74) is 5.29. The summed E-state index contributed by atoms with van der Waals surface area (Å²) in [5, 5.41) is 21.9. The maximum Gasteiger partial charge on any atom is 0.287 e. The van der Waals surface area contributed by atoms with E-state index in [2.05, 4.69) is 21.1 Å². The molecule has 0 atom stereocenters. The molecular formula is C11H14BrN3O4. The third-order valence-electron chi connectivity index (χ3n) is 2.35. The monoisotopic (exact) mass is 331 g/mol. The van der Waals surface area contributed by atoms with Gasteiger partial charge in [-0.3, -0.25) is 10.1 Å². The van der Waals surface area contributed by atoms with E-state index in [1.54, 1.807) is 12.1 Å². The second-order valence-corrected chi connectivity index (χ2v) is 4.54. The van der Waals surface area contributed by atoms with E-state index in [9.17, 15) is 10.1 Å². The quantitative estimate of drug-likeness (QED) is 0.199. The van der Waals surface area contributed by atoms with E-state index in [-0.39, 0.29) is 11.5 Å². The van der Waals surface area contributed by atoms with Gasteiger partial charge in [0.15, 0.2) is 0 Å². The van der Waals surface area contributed by atoms with Crippen molar-refractivity contribution < 1.29 is 14.9 Å². The molecule has 1 rings (SSSR count). The molecule has 0 fully saturated rings. The van der Waals surface area contributed by atoms with Crippen LogP contribution in [0, 0.1) is 10.1 Å². The molecule has 0 saturated heterocycles. The van der Waals surface area contributed by atoms with E-state index < -0.39 is 4.92 Å². The minimum atomic E-state index is -0.477. The summed E-state index contributed by atoms with van der Waals surface area (Å²) in [6.45, 7) is 0.401. The Labute approximate surface area is 118 Å². The van der Waals surface area contributed by atoms with E-state index in [1.807, 2.05) is 0 Å². The first-order valence-corrected chi connectivity index (χ1v) is 6.37. The van der Waals surface area contributed by atoms with Gasteiger partial charge in [-0.25, -0.2) is 0 Å². The highest BCUT2D eigenvalue weighted by Gasteiger charge is 2.15. The lowest BCUT2D eigenvalue weighted by Crippen LogP contribution is -2.11. The van der Waals surface area contributed by atoms with Crippen molar-refractivity contribution in [2.75, 3.05) is 6.61 Å². The first-order valence-electron chi connectivity index (χ1n) is 5.58. The van der Waals surface area contributed by atoms with Crippen LogP contribution in [-0.4, -0.2) is 22.6 Å². The van der Waals surface area contributed by atoms with Gasteiger partial charge in [0.2, 0.25) is 0 Å². The number of nitrogens with zero attached hydrogens (tertiary/aromatic N) is 2. The molecule has 0 unspecified atom stereocenters. The van der Waals surface area contributed by atoms with Gasteiger partial charge in [0, 0.05) is 12.5 Å². The largest absolute Gasteiger partial charge is 0.492 e. The van der Waals surface area contributed by atoms with Crippen molar-refractivity contribution in [3.05, 3.63) is 32.8 Å². The molecule has 0 amide bonds. The Morgan fingerprint density at radius 3 is 2.89 bits per heavy atom.